The number of nitrogens with one attached hydrogen (secondary N) is 1. The molecular weight excluding hydrogens is 637 g/mol. The molecule has 1 atom stereocenters. The summed E-state index contributed by atoms with van der Waals surface area (Å²) in [6.07, 6.45) is 0.172. The van der Waals surface area contributed by atoms with Crippen molar-refractivity contribution in [2.24, 2.45) is 0 Å². The van der Waals surface area contributed by atoms with E-state index in [-0.39, 0.29) is 29.3 Å². The fourth-order valence-electron chi connectivity index (χ4n) is 4.78. The third kappa shape index (κ3) is 8.08. The van der Waals surface area contributed by atoms with Crippen LogP contribution in [0.25, 0.3) is 0 Å². The summed E-state index contributed by atoms with van der Waals surface area (Å²) in [6.45, 7) is -0.701. The summed E-state index contributed by atoms with van der Waals surface area (Å²) in [5.74, 6) is -0.497. The fourth-order valence-corrected chi connectivity index (χ4v) is 6.68. The number of amides is 2. The number of rotatable bonds is 13. The highest BCUT2D eigenvalue weighted by molar-refractivity contribution is 7.92. The maximum absolute atomic E-state index is 14.4. The number of likely N-dealkylation sites (N-methyl/N-ethyl adjacent to an activating group) is 1. The van der Waals surface area contributed by atoms with Crippen molar-refractivity contribution in [2.45, 2.75) is 23.9 Å². The van der Waals surface area contributed by atoms with Gasteiger partial charge in [0.25, 0.3) is 10.0 Å². The van der Waals surface area contributed by atoms with Crippen LogP contribution in [0.5, 0.6) is 11.5 Å². The number of methoxy groups -OCH3 is 2. The third-order valence-corrected chi connectivity index (χ3v) is 9.50. The van der Waals surface area contributed by atoms with E-state index in [1.54, 1.807) is 48.5 Å². The number of hydrogen-bond acceptors (Lipinski definition) is 6. The second-order valence-electron chi connectivity index (χ2n) is 9.94. The molecule has 0 aromatic heterocycles. The summed E-state index contributed by atoms with van der Waals surface area (Å²) in [7, 11) is -0.00270. The van der Waals surface area contributed by atoms with E-state index in [9.17, 15) is 18.0 Å². The second-order valence-corrected chi connectivity index (χ2v) is 12.6. The monoisotopic (exact) mass is 669 g/mol. The Labute approximate surface area is 273 Å². The molecule has 2 amide bonds. The lowest BCUT2D eigenvalue weighted by Gasteiger charge is -2.33. The highest BCUT2D eigenvalue weighted by Crippen LogP contribution is 2.32. The molecule has 0 saturated carbocycles. The summed E-state index contributed by atoms with van der Waals surface area (Å²) in [6, 6.07) is 25.5. The number of halogens is 2. The zero-order valence-electron chi connectivity index (χ0n) is 24.9. The van der Waals surface area contributed by atoms with Gasteiger partial charge >= 0.3 is 0 Å². The lowest BCUT2D eigenvalue weighted by Crippen LogP contribution is -2.53. The van der Waals surface area contributed by atoms with Gasteiger partial charge in [-0.05, 0) is 47.5 Å². The molecule has 4 rings (SSSR count). The number of nitrogens with zero attached hydrogens (tertiary/aromatic N) is 2. The molecule has 4 aromatic rings. The second kappa shape index (κ2) is 15.2. The van der Waals surface area contributed by atoms with Crippen LogP contribution in [0.2, 0.25) is 10.0 Å². The van der Waals surface area contributed by atoms with Gasteiger partial charge in [-0.1, -0.05) is 77.8 Å². The molecular formula is C33H33Cl2N3O6S. The largest absolute Gasteiger partial charge is 0.493 e. The molecule has 0 aliphatic heterocycles. The molecule has 9 nitrogen and oxygen atoms in total. The molecule has 0 aliphatic carbocycles. The van der Waals surface area contributed by atoms with Crippen molar-refractivity contribution in [1.29, 1.82) is 0 Å². The summed E-state index contributed by atoms with van der Waals surface area (Å²) in [5.41, 5.74) is 1.60. The van der Waals surface area contributed by atoms with Gasteiger partial charge in [0, 0.05) is 36.1 Å². The molecule has 0 bridgehead atoms. The average molecular weight is 671 g/mol. The zero-order valence-corrected chi connectivity index (χ0v) is 27.3. The lowest BCUT2D eigenvalue weighted by molar-refractivity contribution is -0.139. The van der Waals surface area contributed by atoms with Crippen LogP contribution < -0.4 is 19.1 Å². The Morgan fingerprint density at radius 1 is 0.844 bits per heavy atom. The van der Waals surface area contributed by atoms with Crippen molar-refractivity contribution < 1.29 is 27.5 Å². The molecule has 0 saturated heterocycles. The standard InChI is InChI=1S/C33H33Cl2N3O6S/c1-36-33(40)29(18-23-10-6-4-7-11-23)37(21-24-14-15-25(34)19-28(24)35)32(39)22-38(26-12-8-5-9-13-26)45(41,42)27-16-17-30(43-2)31(20-27)44-3/h4-17,19-20,29H,18,21-22H2,1-3H3,(H,36,40). The van der Waals surface area contributed by atoms with Gasteiger partial charge in [-0.25, -0.2) is 8.42 Å². The Kier molecular flexibility index (Phi) is 11.3. The Morgan fingerprint density at radius 3 is 2.09 bits per heavy atom. The van der Waals surface area contributed by atoms with E-state index in [0.29, 0.717) is 21.4 Å². The highest BCUT2D eigenvalue weighted by atomic mass is 35.5. The van der Waals surface area contributed by atoms with Crippen LogP contribution in [0.4, 0.5) is 5.69 Å². The molecule has 45 heavy (non-hydrogen) atoms. The number of ether oxygens (including phenoxy) is 2. The number of benzene rings is 4. The molecule has 0 heterocycles. The van der Waals surface area contributed by atoms with E-state index in [1.807, 2.05) is 30.3 Å². The quantitative estimate of drug-likeness (QED) is 0.199. The Morgan fingerprint density at radius 2 is 1.49 bits per heavy atom. The van der Waals surface area contributed by atoms with Crippen molar-refractivity contribution in [3.63, 3.8) is 0 Å². The van der Waals surface area contributed by atoms with Crippen molar-refractivity contribution >= 4 is 50.7 Å². The van der Waals surface area contributed by atoms with Crippen LogP contribution in [-0.2, 0) is 32.6 Å². The fraction of sp³-hybridized carbons (Fsp3) is 0.212. The molecule has 1 N–H and O–H groups in total. The molecule has 0 fully saturated rings. The maximum atomic E-state index is 14.4. The summed E-state index contributed by atoms with van der Waals surface area (Å²) in [4.78, 5) is 29.0. The van der Waals surface area contributed by atoms with Gasteiger partial charge in [0.05, 0.1) is 24.8 Å². The molecule has 0 spiro atoms. The SMILES string of the molecule is CNC(=O)C(Cc1ccccc1)N(Cc1ccc(Cl)cc1Cl)C(=O)CN(c1ccccc1)S(=O)(=O)c1ccc(OC)c(OC)c1. The van der Waals surface area contributed by atoms with E-state index < -0.39 is 34.4 Å². The van der Waals surface area contributed by atoms with Crippen LogP contribution in [0.3, 0.4) is 0 Å². The Bertz CT molecular complexity index is 1740. The van der Waals surface area contributed by atoms with Crippen LogP contribution in [-0.4, -0.2) is 59.0 Å². The van der Waals surface area contributed by atoms with Gasteiger partial charge in [0.2, 0.25) is 11.8 Å². The van der Waals surface area contributed by atoms with Crippen molar-refractivity contribution in [2.75, 3.05) is 32.1 Å². The van der Waals surface area contributed by atoms with E-state index in [4.69, 9.17) is 32.7 Å². The first-order valence-corrected chi connectivity index (χ1v) is 16.1. The first kappa shape index (κ1) is 33.6. The first-order valence-electron chi connectivity index (χ1n) is 13.9. The van der Waals surface area contributed by atoms with Gasteiger partial charge in [0.15, 0.2) is 11.5 Å². The maximum Gasteiger partial charge on any atom is 0.264 e. The van der Waals surface area contributed by atoms with Crippen molar-refractivity contribution in [3.05, 3.63) is 118 Å². The summed E-state index contributed by atoms with van der Waals surface area (Å²) in [5, 5.41) is 3.36. The average Bonchev–Trinajstić information content (AvgIpc) is 3.06. The van der Waals surface area contributed by atoms with Crippen LogP contribution in [0, 0.1) is 0 Å². The molecule has 12 heteroatoms. The normalized spacial score (nSPS) is 11.8. The predicted molar refractivity (Wildman–Crippen MR) is 176 cm³/mol. The van der Waals surface area contributed by atoms with Gasteiger partial charge in [-0.15, -0.1) is 0 Å². The summed E-state index contributed by atoms with van der Waals surface area (Å²) < 4.78 is 40.0. The summed E-state index contributed by atoms with van der Waals surface area (Å²) >= 11 is 12.6. The molecule has 236 valence electrons. The molecule has 0 aliphatic rings. The van der Waals surface area contributed by atoms with Crippen molar-refractivity contribution in [3.8, 4) is 11.5 Å². The highest BCUT2D eigenvalue weighted by Gasteiger charge is 2.35. The number of carbonyl (C=O) groups excluding carboxylic acids is 2. The van der Waals surface area contributed by atoms with Crippen LogP contribution >= 0.6 is 23.2 Å². The van der Waals surface area contributed by atoms with Gasteiger partial charge in [-0.2, -0.15) is 0 Å². The van der Waals surface area contributed by atoms with Gasteiger partial charge < -0.3 is 19.7 Å². The van der Waals surface area contributed by atoms with Crippen LogP contribution in [0.15, 0.2) is 102 Å². The zero-order chi connectivity index (χ0) is 32.6. The predicted octanol–water partition coefficient (Wildman–Crippen LogP) is 5.59. The minimum atomic E-state index is -4.33. The lowest BCUT2D eigenvalue weighted by atomic mass is 10.0. The molecule has 4 aromatic carbocycles. The van der Waals surface area contributed by atoms with Crippen LogP contribution in [0.1, 0.15) is 11.1 Å². The molecule has 1 unspecified atom stereocenters. The third-order valence-electron chi connectivity index (χ3n) is 7.14. The van der Waals surface area contributed by atoms with E-state index >= 15 is 0 Å². The van der Waals surface area contributed by atoms with Crippen molar-refractivity contribution in [1.82, 2.24) is 10.2 Å². The topological polar surface area (TPSA) is 105 Å². The van der Waals surface area contributed by atoms with E-state index in [1.165, 1.54) is 44.4 Å². The number of sulfonamides is 1. The smallest absolute Gasteiger partial charge is 0.264 e. The minimum absolute atomic E-state index is 0.0845. The minimum Gasteiger partial charge on any atom is -0.493 e. The number of para-hydroxylation sites is 1. The molecule has 0 radical (unpaired) electrons. The number of hydrogen-bond donors (Lipinski definition) is 1. The number of carbonyl (C=O) groups is 2. The van der Waals surface area contributed by atoms with E-state index in [2.05, 4.69) is 5.32 Å². The first-order chi connectivity index (χ1) is 21.6. The Hall–Kier alpha value is -4.25. The van der Waals surface area contributed by atoms with Gasteiger partial charge in [-0.3, -0.25) is 13.9 Å². The van der Waals surface area contributed by atoms with Gasteiger partial charge in [0.1, 0.15) is 12.6 Å². The number of anilines is 1. The van der Waals surface area contributed by atoms with E-state index in [0.717, 1.165) is 9.87 Å². The Balaban J connectivity index is 1.81.